The quantitative estimate of drug-likeness (QED) is 0.898. The van der Waals surface area contributed by atoms with Crippen molar-refractivity contribution in [3.63, 3.8) is 0 Å². The van der Waals surface area contributed by atoms with Crippen molar-refractivity contribution < 1.29 is 0 Å². The molecule has 0 bridgehead atoms. The first-order chi connectivity index (χ1) is 9.10. The highest BCUT2D eigenvalue weighted by Gasteiger charge is 2.07. The van der Waals surface area contributed by atoms with Crippen molar-refractivity contribution in [3.05, 3.63) is 52.7 Å². The second-order valence-electron chi connectivity index (χ2n) is 4.16. The minimum absolute atomic E-state index is 0.0555. The highest BCUT2D eigenvalue weighted by molar-refractivity contribution is 6.30. The van der Waals surface area contributed by atoms with Gasteiger partial charge in [-0.2, -0.15) is 5.26 Å². The van der Waals surface area contributed by atoms with Crippen LogP contribution in [0, 0.1) is 11.3 Å². The molecule has 0 spiro atoms. The van der Waals surface area contributed by atoms with Crippen LogP contribution in [0.1, 0.15) is 24.2 Å². The first-order valence-electron chi connectivity index (χ1n) is 5.79. The van der Waals surface area contributed by atoms with E-state index in [0.717, 1.165) is 5.56 Å². The van der Waals surface area contributed by atoms with Gasteiger partial charge in [0, 0.05) is 11.1 Å². The number of rotatable bonds is 3. The molecule has 0 aliphatic heterocycles. The summed E-state index contributed by atoms with van der Waals surface area (Å²) < 4.78 is 0. The Kier molecular flexibility index (Phi) is 3.88. The molecule has 1 unspecified atom stereocenters. The van der Waals surface area contributed by atoms with E-state index < -0.39 is 0 Å². The molecule has 2 rings (SSSR count). The van der Waals surface area contributed by atoms with Crippen LogP contribution in [0.4, 0.5) is 11.5 Å². The normalized spacial score (nSPS) is 11.6. The van der Waals surface area contributed by atoms with Gasteiger partial charge in [0.05, 0.1) is 5.69 Å². The molecule has 1 aromatic heterocycles. The largest absolute Gasteiger partial charge is 0.396 e. The summed E-state index contributed by atoms with van der Waals surface area (Å²) in [4.78, 5) is 4.15. The van der Waals surface area contributed by atoms with E-state index in [1.807, 2.05) is 37.3 Å². The molecule has 0 radical (unpaired) electrons. The zero-order valence-corrected chi connectivity index (χ0v) is 11.1. The van der Waals surface area contributed by atoms with Crippen molar-refractivity contribution in [1.29, 1.82) is 5.26 Å². The van der Waals surface area contributed by atoms with Gasteiger partial charge in [-0.15, -0.1) is 0 Å². The third-order valence-electron chi connectivity index (χ3n) is 2.77. The Balaban J connectivity index is 2.17. The lowest BCUT2D eigenvalue weighted by atomic mass is 10.1. The molecule has 1 atom stereocenters. The van der Waals surface area contributed by atoms with E-state index in [9.17, 15) is 0 Å². The van der Waals surface area contributed by atoms with Crippen molar-refractivity contribution >= 4 is 23.1 Å². The SMILES string of the molecule is CC(Nc1ccc(N)c(C#N)n1)c1ccc(Cl)cc1. The monoisotopic (exact) mass is 272 g/mol. The zero-order valence-electron chi connectivity index (χ0n) is 10.4. The number of benzene rings is 1. The summed E-state index contributed by atoms with van der Waals surface area (Å²) in [6.07, 6.45) is 0. The molecular weight excluding hydrogens is 260 g/mol. The number of halogens is 1. The third-order valence-corrected chi connectivity index (χ3v) is 3.02. The van der Waals surface area contributed by atoms with Crippen LogP contribution in [0.25, 0.3) is 0 Å². The average molecular weight is 273 g/mol. The van der Waals surface area contributed by atoms with E-state index in [0.29, 0.717) is 16.5 Å². The molecule has 3 N–H and O–H groups in total. The van der Waals surface area contributed by atoms with Gasteiger partial charge >= 0.3 is 0 Å². The molecule has 96 valence electrons. The van der Waals surface area contributed by atoms with Crippen LogP contribution in [-0.2, 0) is 0 Å². The summed E-state index contributed by atoms with van der Waals surface area (Å²) in [5.74, 6) is 0.619. The Morgan fingerprint density at radius 3 is 2.58 bits per heavy atom. The zero-order chi connectivity index (χ0) is 13.8. The lowest BCUT2D eigenvalue weighted by molar-refractivity contribution is 0.874. The Hall–Kier alpha value is -2.25. The van der Waals surface area contributed by atoms with E-state index in [2.05, 4.69) is 10.3 Å². The number of nitrogens with one attached hydrogen (secondary N) is 1. The van der Waals surface area contributed by atoms with Crippen LogP contribution >= 0.6 is 11.6 Å². The molecule has 0 saturated heterocycles. The predicted molar refractivity (Wildman–Crippen MR) is 76.9 cm³/mol. The predicted octanol–water partition coefficient (Wildman–Crippen LogP) is 3.36. The Bertz CT molecular complexity index is 616. The molecule has 5 heteroatoms. The standard InChI is InChI=1S/C14H13ClN4/c1-9(10-2-4-11(15)5-3-10)18-14-7-6-12(17)13(8-16)19-14/h2-7,9H,17H2,1H3,(H,18,19). The molecule has 0 fully saturated rings. The first kappa shape index (κ1) is 13.2. The van der Waals surface area contributed by atoms with Crippen LogP contribution in [-0.4, -0.2) is 4.98 Å². The molecular formula is C14H13ClN4. The van der Waals surface area contributed by atoms with E-state index >= 15 is 0 Å². The minimum atomic E-state index is 0.0555. The summed E-state index contributed by atoms with van der Waals surface area (Å²) in [5.41, 5.74) is 7.33. The maximum Gasteiger partial charge on any atom is 0.165 e. The molecule has 0 saturated carbocycles. The number of nitrogens with zero attached hydrogens (tertiary/aromatic N) is 2. The van der Waals surface area contributed by atoms with Crippen molar-refractivity contribution in [2.45, 2.75) is 13.0 Å². The van der Waals surface area contributed by atoms with Crippen LogP contribution in [0.3, 0.4) is 0 Å². The number of anilines is 2. The van der Waals surface area contributed by atoms with Gasteiger partial charge in [-0.3, -0.25) is 0 Å². The first-order valence-corrected chi connectivity index (χ1v) is 6.16. The van der Waals surface area contributed by atoms with Crippen molar-refractivity contribution in [2.24, 2.45) is 0 Å². The number of hydrogen-bond donors (Lipinski definition) is 2. The number of nitrogens with two attached hydrogens (primary N) is 1. The fraction of sp³-hybridized carbons (Fsp3) is 0.143. The Morgan fingerprint density at radius 2 is 1.95 bits per heavy atom. The number of hydrogen-bond acceptors (Lipinski definition) is 4. The van der Waals surface area contributed by atoms with Crippen LogP contribution in [0.2, 0.25) is 5.02 Å². The molecule has 1 heterocycles. The number of pyridine rings is 1. The van der Waals surface area contributed by atoms with Crippen molar-refractivity contribution in [1.82, 2.24) is 4.98 Å². The fourth-order valence-electron chi connectivity index (χ4n) is 1.70. The van der Waals surface area contributed by atoms with Gasteiger partial charge in [0.1, 0.15) is 11.9 Å². The summed E-state index contributed by atoms with van der Waals surface area (Å²) in [6, 6.07) is 13.0. The van der Waals surface area contributed by atoms with Gasteiger partial charge in [-0.1, -0.05) is 23.7 Å². The van der Waals surface area contributed by atoms with E-state index in [1.165, 1.54) is 0 Å². The summed E-state index contributed by atoms with van der Waals surface area (Å²) in [5, 5.41) is 12.8. The molecule has 2 aromatic rings. The van der Waals surface area contributed by atoms with Gasteiger partial charge in [-0.05, 0) is 36.8 Å². The van der Waals surface area contributed by atoms with Gasteiger partial charge in [0.25, 0.3) is 0 Å². The number of nitrogen functional groups attached to an aromatic ring is 1. The maximum atomic E-state index is 8.89. The minimum Gasteiger partial charge on any atom is -0.396 e. The van der Waals surface area contributed by atoms with Gasteiger partial charge in [0.2, 0.25) is 0 Å². The topological polar surface area (TPSA) is 74.7 Å². The molecule has 4 nitrogen and oxygen atoms in total. The second-order valence-corrected chi connectivity index (χ2v) is 4.60. The van der Waals surface area contributed by atoms with Crippen molar-refractivity contribution in [3.8, 4) is 6.07 Å². The average Bonchev–Trinajstić information content (AvgIpc) is 2.41. The number of nitriles is 1. The van der Waals surface area contributed by atoms with Gasteiger partial charge in [0.15, 0.2) is 5.69 Å². The van der Waals surface area contributed by atoms with Crippen molar-refractivity contribution in [2.75, 3.05) is 11.1 Å². The third kappa shape index (κ3) is 3.15. The van der Waals surface area contributed by atoms with Crippen LogP contribution in [0.15, 0.2) is 36.4 Å². The Labute approximate surface area is 116 Å². The molecule has 19 heavy (non-hydrogen) atoms. The van der Waals surface area contributed by atoms with E-state index in [1.54, 1.807) is 12.1 Å². The highest BCUT2D eigenvalue weighted by Crippen LogP contribution is 2.21. The highest BCUT2D eigenvalue weighted by atomic mass is 35.5. The second kappa shape index (κ2) is 5.59. The van der Waals surface area contributed by atoms with Gasteiger partial charge < -0.3 is 11.1 Å². The lowest BCUT2D eigenvalue weighted by Crippen LogP contribution is -2.08. The fourth-order valence-corrected chi connectivity index (χ4v) is 1.82. The van der Waals surface area contributed by atoms with E-state index in [4.69, 9.17) is 22.6 Å². The molecule has 0 aliphatic carbocycles. The molecule has 1 aromatic carbocycles. The lowest BCUT2D eigenvalue weighted by Gasteiger charge is -2.15. The summed E-state index contributed by atoms with van der Waals surface area (Å²) >= 11 is 5.85. The smallest absolute Gasteiger partial charge is 0.165 e. The summed E-state index contributed by atoms with van der Waals surface area (Å²) in [7, 11) is 0. The van der Waals surface area contributed by atoms with Crippen LogP contribution < -0.4 is 11.1 Å². The number of aromatic nitrogens is 1. The van der Waals surface area contributed by atoms with Crippen LogP contribution in [0.5, 0.6) is 0 Å². The maximum absolute atomic E-state index is 8.89. The summed E-state index contributed by atoms with van der Waals surface area (Å²) in [6.45, 7) is 2.01. The molecule has 0 amide bonds. The Morgan fingerprint density at radius 1 is 1.26 bits per heavy atom. The van der Waals surface area contributed by atoms with Gasteiger partial charge in [-0.25, -0.2) is 4.98 Å². The van der Waals surface area contributed by atoms with E-state index in [-0.39, 0.29) is 11.7 Å². The molecule has 0 aliphatic rings.